The quantitative estimate of drug-likeness (QED) is 0.863. The standard InChI is InChI=1S/C14H22N2O/c1-14(2,15-3)10-16(4)12-5-6-13-11(9-12)7-8-17-13/h5-6,9,15H,7-8,10H2,1-4H3. The average Bonchev–Trinajstić information content (AvgIpc) is 2.75. The van der Waals surface area contributed by atoms with Gasteiger partial charge in [0.15, 0.2) is 0 Å². The lowest BCUT2D eigenvalue weighted by molar-refractivity contribution is 0.357. The highest BCUT2D eigenvalue weighted by atomic mass is 16.5. The second-order valence-electron chi connectivity index (χ2n) is 5.38. The van der Waals surface area contributed by atoms with E-state index in [1.54, 1.807) is 0 Å². The van der Waals surface area contributed by atoms with Crippen molar-refractivity contribution in [1.82, 2.24) is 5.32 Å². The molecule has 3 nitrogen and oxygen atoms in total. The molecule has 1 heterocycles. The van der Waals surface area contributed by atoms with Crippen LogP contribution in [0.5, 0.6) is 5.75 Å². The molecule has 0 saturated heterocycles. The van der Waals surface area contributed by atoms with E-state index < -0.39 is 0 Å². The number of rotatable bonds is 4. The molecule has 1 aliphatic heterocycles. The monoisotopic (exact) mass is 234 g/mol. The van der Waals surface area contributed by atoms with E-state index in [0.29, 0.717) is 0 Å². The van der Waals surface area contributed by atoms with Gasteiger partial charge in [-0.05, 0) is 44.7 Å². The predicted octanol–water partition coefficient (Wildman–Crippen LogP) is 2.06. The first-order valence-corrected chi connectivity index (χ1v) is 6.17. The Kier molecular flexibility index (Phi) is 3.29. The summed E-state index contributed by atoms with van der Waals surface area (Å²) in [5, 5.41) is 3.33. The molecule has 1 aromatic carbocycles. The SMILES string of the molecule is CNC(C)(C)CN(C)c1ccc2c(c1)CCO2. The highest BCUT2D eigenvalue weighted by molar-refractivity contribution is 5.54. The second kappa shape index (κ2) is 4.57. The summed E-state index contributed by atoms with van der Waals surface area (Å²) in [6.07, 6.45) is 1.03. The van der Waals surface area contributed by atoms with E-state index in [1.807, 2.05) is 7.05 Å². The Morgan fingerprint density at radius 3 is 2.88 bits per heavy atom. The molecule has 0 radical (unpaired) electrons. The zero-order valence-electron chi connectivity index (χ0n) is 11.2. The van der Waals surface area contributed by atoms with Gasteiger partial charge in [-0.2, -0.15) is 0 Å². The Hall–Kier alpha value is -1.22. The first kappa shape index (κ1) is 12.2. The largest absolute Gasteiger partial charge is 0.493 e. The number of nitrogens with one attached hydrogen (secondary N) is 1. The summed E-state index contributed by atoms with van der Waals surface area (Å²) in [6, 6.07) is 6.46. The molecular weight excluding hydrogens is 212 g/mol. The van der Waals surface area contributed by atoms with Crippen LogP contribution in [0.4, 0.5) is 5.69 Å². The molecule has 0 aliphatic carbocycles. The van der Waals surface area contributed by atoms with Gasteiger partial charge in [-0.15, -0.1) is 0 Å². The van der Waals surface area contributed by atoms with Gasteiger partial charge in [-0.25, -0.2) is 0 Å². The zero-order chi connectivity index (χ0) is 12.5. The van der Waals surface area contributed by atoms with Gasteiger partial charge in [0, 0.05) is 31.2 Å². The Morgan fingerprint density at radius 1 is 1.41 bits per heavy atom. The number of hydrogen-bond acceptors (Lipinski definition) is 3. The molecule has 0 saturated carbocycles. The number of hydrogen-bond donors (Lipinski definition) is 1. The maximum Gasteiger partial charge on any atom is 0.122 e. The van der Waals surface area contributed by atoms with Gasteiger partial charge in [0.25, 0.3) is 0 Å². The molecule has 0 unspecified atom stereocenters. The van der Waals surface area contributed by atoms with E-state index in [2.05, 4.69) is 49.3 Å². The third-order valence-electron chi connectivity index (χ3n) is 3.42. The molecule has 1 aromatic rings. The zero-order valence-corrected chi connectivity index (χ0v) is 11.2. The van der Waals surface area contributed by atoms with Crippen LogP contribution in [0.2, 0.25) is 0 Å². The minimum atomic E-state index is 0.115. The summed E-state index contributed by atoms with van der Waals surface area (Å²) >= 11 is 0. The van der Waals surface area contributed by atoms with Crippen molar-refractivity contribution in [3.63, 3.8) is 0 Å². The fourth-order valence-electron chi connectivity index (χ4n) is 2.17. The molecule has 2 rings (SSSR count). The minimum absolute atomic E-state index is 0.115. The molecule has 3 heteroatoms. The summed E-state index contributed by atoms with van der Waals surface area (Å²) in [6.45, 7) is 6.22. The minimum Gasteiger partial charge on any atom is -0.493 e. The predicted molar refractivity (Wildman–Crippen MR) is 72.0 cm³/mol. The van der Waals surface area contributed by atoms with E-state index in [-0.39, 0.29) is 5.54 Å². The highest BCUT2D eigenvalue weighted by Gasteiger charge is 2.19. The van der Waals surface area contributed by atoms with Gasteiger partial charge in [0.05, 0.1) is 6.61 Å². The van der Waals surface area contributed by atoms with E-state index in [1.165, 1.54) is 11.3 Å². The van der Waals surface area contributed by atoms with E-state index in [9.17, 15) is 0 Å². The first-order chi connectivity index (χ1) is 8.02. The molecule has 17 heavy (non-hydrogen) atoms. The van der Waals surface area contributed by atoms with Gasteiger partial charge < -0.3 is 15.0 Å². The molecule has 0 aromatic heterocycles. The van der Waals surface area contributed by atoms with Crippen LogP contribution in [-0.4, -0.2) is 32.8 Å². The van der Waals surface area contributed by atoms with Crippen LogP contribution >= 0.6 is 0 Å². The number of likely N-dealkylation sites (N-methyl/N-ethyl adjacent to an activating group) is 2. The van der Waals surface area contributed by atoms with Crippen molar-refractivity contribution >= 4 is 5.69 Å². The van der Waals surface area contributed by atoms with Crippen molar-refractivity contribution < 1.29 is 4.74 Å². The van der Waals surface area contributed by atoms with Gasteiger partial charge in [0.1, 0.15) is 5.75 Å². The Labute approximate surface area is 104 Å². The maximum atomic E-state index is 5.52. The van der Waals surface area contributed by atoms with Crippen LogP contribution in [0.1, 0.15) is 19.4 Å². The molecule has 1 aliphatic rings. The number of anilines is 1. The van der Waals surface area contributed by atoms with Crippen molar-refractivity contribution in [3.8, 4) is 5.75 Å². The van der Waals surface area contributed by atoms with E-state index >= 15 is 0 Å². The summed E-state index contributed by atoms with van der Waals surface area (Å²) in [5.41, 5.74) is 2.71. The Bertz CT molecular complexity index is 401. The smallest absolute Gasteiger partial charge is 0.122 e. The van der Waals surface area contributed by atoms with Crippen molar-refractivity contribution in [2.24, 2.45) is 0 Å². The van der Waals surface area contributed by atoms with Crippen LogP contribution < -0.4 is 15.0 Å². The van der Waals surface area contributed by atoms with Crippen molar-refractivity contribution in [2.45, 2.75) is 25.8 Å². The lowest BCUT2D eigenvalue weighted by Crippen LogP contribution is -2.46. The van der Waals surface area contributed by atoms with Crippen molar-refractivity contribution in [3.05, 3.63) is 23.8 Å². The molecule has 0 bridgehead atoms. The molecule has 0 spiro atoms. The van der Waals surface area contributed by atoms with Crippen LogP contribution in [0.25, 0.3) is 0 Å². The number of benzene rings is 1. The van der Waals surface area contributed by atoms with E-state index in [4.69, 9.17) is 4.74 Å². The topological polar surface area (TPSA) is 24.5 Å². The summed E-state index contributed by atoms with van der Waals surface area (Å²) in [5.74, 6) is 1.05. The molecule has 0 atom stereocenters. The molecular formula is C14H22N2O. The second-order valence-corrected chi connectivity index (χ2v) is 5.38. The fraction of sp³-hybridized carbons (Fsp3) is 0.571. The Morgan fingerprint density at radius 2 is 2.18 bits per heavy atom. The van der Waals surface area contributed by atoms with Gasteiger partial charge >= 0.3 is 0 Å². The third-order valence-corrected chi connectivity index (χ3v) is 3.42. The van der Waals surface area contributed by atoms with E-state index in [0.717, 1.165) is 25.3 Å². The summed E-state index contributed by atoms with van der Waals surface area (Å²) in [7, 11) is 4.14. The number of fused-ring (bicyclic) bond motifs is 1. The van der Waals surface area contributed by atoms with Gasteiger partial charge in [0.2, 0.25) is 0 Å². The number of nitrogens with zero attached hydrogens (tertiary/aromatic N) is 1. The van der Waals surface area contributed by atoms with Crippen molar-refractivity contribution in [2.75, 3.05) is 32.1 Å². The summed E-state index contributed by atoms with van der Waals surface area (Å²) < 4.78 is 5.52. The summed E-state index contributed by atoms with van der Waals surface area (Å²) in [4.78, 5) is 2.29. The molecule has 0 amide bonds. The highest BCUT2D eigenvalue weighted by Crippen LogP contribution is 2.29. The van der Waals surface area contributed by atoms with Crippen LogP contribution in [-0.2, 0) is 6.42 Å². The van der Waals surface area contributed by atoms with Crippen LogP contribution in [0.3, 0.4) is 0 Å². The normalized spacial score (nSPS) is 14.4. The van der Waals surface area contributed by atoms with Crippen LogP contribution in [0, 0.1) is 0 Å². The average molecular weight is 234 g/mol. The van der Waals surface area contributed by atoms with Gasteiger partial charge in [-0.3, -0.25) is 0 Å². The third kappa shape index (κ3) is 2.72. The Balaban J connectivity index is 2.12. The molecule has 1 N–H and O–H groups in total. The van der Waals surface area contributed by atoms with Crippen molar-refractivity contribution in [1.29, 1.82) is 0 Å². The first-order valence-electron chi connectivity index (χ1n) is 6.17. The maximum absolute atomic E-state index is 5.52. The molecule has 0 fully saturated rings. The van der Waals surface area contributed by atoms with Gasteiger partial charge in [-0.1, -0.05) is 0 Å². The fourth-order valence-corrected chi connectivity index (χ4v) is 2.17. The molecule has 94 valence electrons. The lowest BCUT2D eigenvalue weighted by atomic mass is 10.0. The van der Waals surface area contributed by atoms with Crippen LogP contribution in [0.15, 0.2) is 18.2 Å². The lowest BCUT2D eigenvalue weighted by Gasteiger charge is -2.31. The number of ether oxygens (including phenoxy) is 1.